The van der Waals surface area contributed by atoms with E-state index < -0.39 is 12.0 Å². The Morgan fingerprint density at radius 2 is 1.94 bits per heavy atom. The van der Waals surface area contributed by atoms with E-state index in [4.69, 9.17) is 14.2 Å². The summed E-state index contributed by atoms with van der Waals surface area (Å²) in [5.74, 6) is 0.561. The molecule has 0 saturated heterocycles. The van der Waals surface area contributed by atoms with Crippen LogP contribution in [-0.2, 0) is 9.53 Å². The molecule has 0 aliphatic carbocycles. The topological polar surface area (TPSA) is 79.1 Å². The van der Waals surface area contributed by atoms with E-state index in [1.165, 1.54) is 11.3 Å². The van der Waals surface area contributed by atoms with Crippen molar-refractivity contribution in [1.29, 1.82) is 0 Å². The Morgan fingerprint density at radius 3 is 2.58 bits per heavy atom. The quantitative estimate of drug-likeness (QED) is 0.502. The predicted octanol–water partition coefficient (Wildman–Crippen LogP) is 3.19. The van der Waals surface area contributed by atoms with Crippen molar-refractivity contribution >= 4 is 34.7 Å². The summed E-state index contributed by atoms with van der Waals surface area (Å²) in [7, 11) is 3.10. The van der Waals surface area contributed by atoms with Gasteiger partial charge in [0, 0.05) is 4.88 Å². The summed E-state index contributed by atoms with van der Waals surface area (Å²) in [5.41, 5.74) is 2.44. The van der Waals surface area contributed by atoms with Gasteiger partial charge >= 0.3 is 5.97 Å². The van der Waals surface area contributed by atoms with Gasteiger partial charge in [-0.05, 0) is 61.6 Å². The van der Waals surface area contributed by atoms with Gasteiger partial charge in [-0.3, -0.25) is 9.36 Å². The molecular weight excluding hydrogens is 460 g/mol. The third-order valence-corrected chi connectivity index (χ3v) is 7.35. The summed E-state index contributed by atoms with van der Waals surface area (Å²) in [6.07, 6.45) is 1.89. The van der Waals surface area contributed by atoms with Crippen molar-refractivity contribution in [3.8, 4) is 11.5 Å². The lowest BCUT2D eigenvalue weighted by Gasteiger charge is -2.25. The van der Waals surface area contributed by atoms with Crippen LogP contribution in [-0.4, -0.2) is 31.4 Å². The molecule has 0 amide bonds. The number of rotatable bonds is 6. The summed E-state index contributed by atoms with van der Waals surface area (Å²) < 4.78 is 18.3. The fourth-order valence-electron chi connectivity index (χ4n) is 3.78. The van der Waals surface area contributed by atoms with Gasteiger partial charge in [-0.2, -0.15) is 0 Å². The fourth-order valence-corrected chi connectivity index (χ4v) is 5.74. The molecule has 0 N–H and O–H groups in total. The molecule has 9 heteroatoms. The van der Waals surface area contributed by atoms with Crippen LogP contribution in [0.4, 0.5) is 0 Å². The maximum Gasteiger partial charge on any atom is 0.338 e. The average Bonchev–Trinajstić information content (AvgIpc) is 3.34. The van der Waals surface area contributed by atoms with Crippen LogP contribution in [0.2, 0.25) is 0 Å². The summed E-state index contributed by atoms with van der Waals surface area (Å²) in [6.45, 7) is 5.74. The van der Waals surface area contributed by atoms with Crippen LogP contribution >= 0.6 is 22.7 Å². The van der Waals surface area contributed by atoms with Gasteiger partial charge in [0.05, 0.1) is 42.7 Å². The number of carbonyl (C=O) groups is 1. The minimum atomic E-state index is -0.702. The van der Waals surface area contributed by atoms with Crippen LogP contribution in [0.3, 0.4) is 0 Å². The molecule has 0 fully saturated rings. The second-order valence-corrected chi connectivity index (χ2v) is 9.34. The molecule has 33 heavy (non-hydrogen) atoms. The molecule has 7 nitrogen and oxygen atoms in total. The molecule has 0 unspecified atom stereocenters. The average molecular weight is 485 g/mol. The van der Waals surface area contributed by atoms with E-state index in [-0.39, 0.29) is 12.2 Å². The number of thiophene rings is 1. The van der Waals surface area contributed by atoms with Gasteiger partial charge in [-0.15, -0.1) is 11.3 Å². The number of thiazole rings is 1. The fraction of sp³-hybridized carbons (Fsp3) is 0.292. The Balaban J connectivity index is 1.99. The number of aryl methyl sites for hydroxylation is 1. The molecule has 1 aromatic carbocycles. The van der Waals surface area contributed by atoms with Crippen molar-refractivity contribution in [3.05, 3.63) is 76.6 Å². The van der Waals surface area contributed by atoms with Gasteiger partial charge in [-0.1, -0.05) is 17.4 Å². The lowest BCUT2D eigenvalue weighted by molar-refractivity contribution is -0.139. The largest absolute Gasteiger partial charge is 0.493 e. The van der Waals surface area contributed by atoms with Crippen molar-refractivity contribution in [2.24, 2.45) is 4.99 Å². The van der Waals surface area contributed by atoms with Gasteiger partial charge in [0.1, 0.15) is 0 Å². The molecule has 1 atom stereocenters. The Hall–Kier alpha value is -3.17. The standard InChI is InChI=1S/C24H24N2O5S2/c1-6-31-23(28)20-14(3)25-24-26(21(20)15-7-8-16(29-4)17(11-15)30-5)22(27)19(33-24)12-18-13(2)9-10-32-18/h7-12,21H,6H2,1-5H3/b19-12+/t21-/m0/s1. The van der Waals surface area contributed by atoms with E-state index in [0.717, 1.165) is 10.4 Å². The lowest BCUT2D eigenvalue weighted by Crippen LogP contribution is -2.39. The number of hydrogen-bond acceptors (Lipinski definition) is 8. The second-order valence-electron chi connectivity index (χ2n) is 7.38. The van der Waals surface area contributed by atoms with Crippen molar-refractivity contribution in [1.82, 2.24) is 4.57 Å². The number of carbonyl (C=O) groups excluding carboxylic acids is 1. The molecular formula is C24H24N2O5S2. The zero-order chi connectivity index (χ0) is 23.7. The van der Waals surface area contributed by atoms with Crippen LogP contribution in [0.15, 0.2) is 50.7 Å². The number of methoxy groups -OCH3 is 2. The highest BCUT2D eigenvalue weighted by Crippen LogP contribution is 2.36. The number of allylic oxidation sites excluding steroid dienone is 1. The number of fused-ring (bicyclic) bond motifs is 1. The van der Waals surface area contributed by atoms with E-state index in [1.807, 2.05) is 30.5 Å². The van der Waals surface area contributed by atoms with E-state index in [2.05, 4.69) is 4.99 Å². The monoisotopic (exact) mass is 484 g/mol. The summed E-state index contributed by atoms with van der Waals surface area (Å²) in [5, 5.41) is 1.99. The Bertz CT molecular complexity index is 1430. The van der Waals surface area contributed by atoms with Crippen molar-refractivity contribution in [2.75, 3.05) is 20.8 Å². The van der Waals surface area contributed by atoms with Crippen LogP contribution in [0.5, 0.6) is 11.5 Å². The molecule has 1 aliphatic rings. The Morgan fingerprint density at radius 1 is 1.18 bits per heavy atom. The maximum atomic E-state index is 13.6. The maximum absolute atomic E-state index is 13.6. The van der Waals surface area contributed by atoms with Gasteiger partial charge in [-0.25, -0.2) is 9.79 Å². The van der Waals surface area contributed by atoms with Crippen molar-refractivity contribution in [2.45, 2.75) is 26.8 Å². The number of ether oxygens (including phenoxy) is 3. The molecule has 2 aromatic heterocycles. The summed E-state index contributed by atoms with van der Waals surface area (Å²) in [4.78, 5) is 32.7. The van der Waals surface area contributed by atoms with Crippen LogP contribution in [0.1, 0.15) is 35.9 Å². The first-order valence-corrected chi connectivity index (χ1v) is 12.0. The van der Waals surface area contributed by atoms with Crippen LogP contribution in [0, 0.1) is 6.92 Å². The van der Waals surface area contributed by atoms with Crippen LogP contribution in [0.25, 0.3) is 6.08 Å². The van der Waals surface area contributed by atoms with Gasteiger partial charge in [0.2, 0.25) is 0 Å². The number of benzene rings is 1. The molecule has 172 valence electrons. The normalized spacial score (nSPS) is 15.8. The highest BCUT2D eigenvalue weighted by molar-refractivity contribution is 7.11. The SMILES string of the molecule is CCOC(=O)C1=C(C)N=c2s/c(=C/c3sccc3C)c(=O)n2[C@H]1c1ccc(OC)c(OC)c1. The van der Waals surface area contributed by atoms with Gasteiger partial charge in [0.25, 0.3) is 5.56 Å². The third kappa shape index (κ3) is 4.14. The van der Waals surface area contributed by atoms with E-state index >= 15 is 0 Å². The molecule has 0 saturated carbocycles. The predicted molar refractivity (Wildman–Crippen MR) is 129 cm³/mol. The minimum Gasteiger partial charge on any atom is -0.493 e. The molecule has 3 heterocycles. The molecule has 4 rings (SSSR count). The van der Waals surface area contributed by atoms with E-state index in [1.54, 1.807) is 56.1 Å². The number of nitrogens with zero attached hydrogens (tertiary/aromatic N) is 2. The zero-order valence-electron chi connectivity index (χ0n) is 19.0. The number of aromatic nitrogens is 1. The molecule has 0 bridgehead atoms. The summed E-state index contributed by atoms with van der Waals surface area (Å²) in [6, 6.07) is 6.68. The second kappa shape index (κ2) is 9.36. The van der Waals surface area contributed by atoms with Gasteiger partial charge in [0.15, 0.2) is 16.3 Å². The van der Waals surface area contributed by atoms with E-state index in [9.17, 15) is 9.59 Å². The summed E-state index contributed by atoms with van der Waals surface area (Å²) >= 11 is 2.88. The smallest absolute Gasteiger partial charge is 0.338 e. The van der Waals surface area contributed by atoms with Crippen LogP contribution < -0.4 is 24.4 Å². The minimum absolute atomic E-state index is 0.208. The number of hydrogen-bond donors (Lipinski definition) is 0. The Labute approximate surface area is 198 Å². The third-order valence-electron chi connectivity index (χ3n) is 5.40. The first kappa shape index (κ1) is 23.0. The highest BCUT2D eigenvalue weighted by Gasteiger charge is 2.33. The van der Waals surface area contributed by atoms with Gasteiger partial charge < -0.3 is 14.2 Å². The Kier molecular flexibility index (Phi) is 6.53. The first-order chi connectivity index (χ1) is 15.9. The number of esters is 1. The van der Waals surface area contributed by atoms with Crippen molar-refractivity contribution in [3.63, 3.8) is 0 Å². The lowest BCUT2D eigenvalue weighted by atomic mass is 9.95. The highest BCUT2D eigenvalue weighted by atomic mass is 32.1. The molecule has 0 radical (unpaired) electrons. The zero-order valence-corrected chi connectivity index (χ0v) is 20.6. The molecule has 3 aromatic rings. The van der Waals surface area contributed by atoms with E-state index in [0.29, 0.717) is 37.7 Å². The first-order valence-electron chi connectivity index (χ1n) is 10.3. The molecule has 0 spiro atoms. The van der Waals surface area contributed by atoms with Crippen molar-refractivity contribution < 1.29 is 19.0 Å². The molecule has 1 aliphatic heterocycles.